The van der Waals surface area contributed by atoms with Crippen LogP contribution < -0.4 is 0 Å². The van der Waals surface area contributed by atoms with Gasteiger partial charge in [-0.2, -0.15) is 0 Å². The molecule has 0 bridgehead atoms. The number of pyridine rings is 1. The molecule has 0 aliphatic heterocycles. The highest BCUT2D eigenvalue weighted by Crippen LogP contribution is 2.23. The van der Waals surface area contributed by atoms with Crippen LogP contribution >= 0.6 is 27.5 Å². The number of nitrogens with zero attached hydrogens (tertiary/aromatic N) is 1. The van der Waals surface area contributed by atoms with Crippen molar-refractivity contribution in [1.29, 1.82) is 0 Å². The zero-order chi connectivity index (χ0) is 15.6. The summed E-state index contributed by atoms with van der Waals surface area (Å²) in [5.41, 5.74) is 0.251. The first-order valence-corrected chi connectivity index (χ1v) is 8.47. The summed E-state index contributed by atoms with van der Waals surface area (Å²) in [7, 11) is -3.69. The molecule has 5 nitrogen and oxygen atoms in total. The predicted octanol–water partition coefficient (Wildman–Crippen LogP) is 3.17. The first kappa shape index (κ1) is 15.9. The normalized spacial score (nSPS) is 11.3. The molecule has 1 aromatic heterocycles. The summed E-state index contributed by atoms with van der Waals surface area (Å²) >= 11 is 8.94. The molecule has 0 aliphatic carbocycles. The second-order valence-electron chi connectivity index (χ2n) is 4.22. The molecule has 0 atom stereocenters. The van der Waals surface area contributed by atoms with E-state index in [1.54, 1.807) is 12.3 Å². The standard InChI is InChI=1S/C13H9BrClNO4S/c14-9-3-8(5-16-6-9)7-21(19,20)10-1-2-12(15)11(4-10)13(17)18/h1-6H,7H2,(H,17,18). The summed E-state index contributed by atoms with van der Waals surface area (Å²) in [6.07, 6.45) is 2.98. The van der Waals surface area contributed by atoms with Crippen molar-refractivity contribution in [2.45, 2.75) is 10.6 Å². The number of carboxylic acid groups (broad SMARTS) is 1. The van der Waals surface area contributed by atoms with Crippen LogP contribution in [0, 0.1) is 0 Å². The average Bonchev–Trinajstić information content (AvgIpc) is 2.38. The number of aromatic nitrogens is 1. The maximum Gasteiger partial charge on any atom is 0.337 e. The van der Waals surface area contributed by atoms with Gasteiger partial charge in [-0.15, -0.1) is 0 Å². The van der Waals surface area contributed by atoms with Crippen LogP contribution in [-0.4, -0.2) is 24.5 Å². The zero-order valence-corrected chi connectivity index (χ0v) is 13.6. The van der Waals surface area contributed by atoms with E-state index >= 15 is 0 Å². The lowest BCUT2D eigenvalue weighted by Gasteiger charge is -2.07. The molecule has 0 saturated carbocycles. The van der Waals surface area contributed by atoms with Crippen molar-refractivity contribution in [1.82, 2.24) is 4.98 Å². The first-order chi connectivity index (χ1) is 9.79. The number of carbonyl (C=O) groups is 1. The molecule has 2 rings (SSSR count). The minimum Gasteiger partial charge on any atom is -0.478 e. The van der Waals surface area contributed by atoms with Crippen LogP contribution in [0.5, 0.6) is 0 Å². The monoisotopic (exact) mass is 389 g/mol. The molecule has 0 radical (unpaired) electrons. The molecule has 110 valence electrons. The zero-order valence-electron chi connectivity index (χ0n) is 10.5. The van der Waals surface area contributed by atoms with E-state index in [-0.39, 0.29) is 21.2 Å². The lowest BCUT2D eigenvalue weighted by molar-refractivity contribution is 0.0697. The Kier molecular flexibility index (Phi) is 4.65. The number of aromatic carboxylic acids is 1. The van der Waals surface area contributed by atoms with E-state index in [2.05, 4.69) is 20.9 Å². The highest BCUT2D eigenvalue weighted by Gasteiger charge is 2.19. The van der Waals surface area contributed by atoms with Gasteiger partial charge in [-0.1, -0.05) is 11.6 Å². The minimum absolute atomic E-state index is 0.00873. The summed E-state index contributed by atoms with van der Waals surface area (Å²) in [5.74, 6) is -1.55. The lowest BCUT2D eigenvalue weighted by atomic mass is 10.2. The van der Waals surface area contributed by atoms with Crippen molar-refractivity contribution in [2.75, 3.05) is 0 Å². The maximum absolute atomic E-state index is 12.3. The maximum atomic E-state index is 12.3. The van der Waals surface area contributed by atoms with Gasteiger partial charge in [0.05, 0.1) is 21.2 Å². The van der Waals surface area contributed by atoms with Crippen LogP contribution in [0.3, 0.4) is 0 Å². The van der Waals surface area contributed by atoms with Gasteiger partial charge >= 0.3 is 5.97 Å². The van der Waals surface area contributed by atoms with Gasteiger partial charge in [-0.3, -0.25) is 4.98 Å². The van der Waals surface area contributed by atoms with Crippen LogP contribution in [0.15, 0.2) is 46.0 Å². The van der Waals surface area contributed by atoms with E-state index in [1.165, 1.54) is 18.3 Å². The van der Waals surface area contributed by atoms with Crippen molar-refractivity contribution in [3.05, 3.63) is 57.3 Å². The molecule has 21 heavy (non-hydrogen) atoms. The van der Waals surface area contributed by atoms with Crippen molar-refractivity contribution in [2.24, 2.45) is 0 Å². The van der Waals surface area contributed by atoms with Gasteiger partial charge in [0.1, 0.15) is 0 Å². The number of benzene rings is 1. The molecular weight excluding hydrogens is 382 g/mol. The molecule has 0 fully saturated rings. The SMILES string of the molecule is O=C(O)c1cc(S(=O)(=O)Cc2cncc(Br)c2)ccc1Cl. The van der Waals surface area contributed by atoms with Gasteiger partial charge in [0.25, 0.3) is 0 Å². The topological polar surface area (TPSA) is 84.3 Å². The Labute approximate surface area is 134 Å². The number of sulfone groups is 1. The number of carboxylic acids is 1. The van der Waals surface area contributed by atoms with Gasteiger partial charge < -0.3 is 5.11 Å². The van der Waals surface area contributed by atoms with E-state index < -0.39 is 15.8 Å². The van der Waals surface area contributed by atoms with E-state index in [4.69, 9.17) is 16.7 Å². The molecule has 2 aromatic rings. The van der Waals surface area contributed by atoms with Crippen LogP contribution in [0.4, 0.5) is 0 Å². The van der Waals surface area contributed by atoms with Gasteiger partial charge in [0.2, 0.25) is 0 Å². The largest absolute Gasteiger partial charge is 0.478 e. The Bertz CT molecular complexity index is 808. The first-order valence-electron chi connectivity index (χ1n) is 5.64. The fourth-order valence-electron chi connectivity index (χ4n) is 1.70. The average molecular weight is 391 g/mol. The number of hydrogen-bond donors (Lipinski definition) is 1. The van der Waals surface area contributed by atoms with Crippen molar-refractivity contribution >= 4 is 43.3 Å². The second kappa shape index (κ2) is 6.13. The van der Waals surface area contributed by atoms with Crippen LogP contribution in [0.25, 0.3) is 0 Å². The van der Waals surface area contributed by atoms with Gasteiger partial charge in [-0.25, -0.2) is 13.2 Å². The Morgan fingerprint density at radius 1 is 1.29 bits per heavy atom. The Hall–Kier alpha value is -1.44. The van der Waals surface area contributed by atoms with Crippen molar-refractivity contribution in [3.8, 4) is 0 Å². The third-order valence-corrected chi connectivity index (χ3v) is 5.09. The Morgan fingerprint density at radius 3 is 2.62 bits per heavy atom. The highest BCUT2D eigenvalue weighted by molar-refractivity contribution is 9.10. The van der Waals surface area contributed by atoms with Crippen molar-refractivity contribution in [3.63, 3.8) is 0 Å². The molecular formula is C13H9BrClNO4S. The fourth-order valence-corrected chi connectivity index (χ4v) is 3.65. The van der Waals surface area contributed by atoms with E-state index in [0.717, 1.165) is 6.07 Å². The number of halogens is 2. The predicted molar refractivity (Wildman–Crippen MR) is 81.2 cm³/mol. The number of rotatable bonds is 4. The smallest absolute Gasteiger partial charge is 0.337 e. The molecule has 0 unspecified atom stereocenters. The van der Waals surface area contributed by atoms with E-state index in [1.807, 2.05) is 0 Å². The summed E-state index contributed by atoms with van der Waals surface area (Å²) in [6.45, 7) is 0. The molecule has 0 saturated heterocycles. The van der Waals surface area contributed by atoms with E-state index in [0.29, 0.717) is 10.0 Å². The summed E-state index contributed by atoms with van der Waals surface area (Å²) < 4.78 is 25.3. The molecule has 8 heteroatoms. The van der Waals surface area contributed by atoms with Crippen LogP contribution in [-0.2, 0) is 15.6 Å². The van der Waals surface area contributed by atoms with Crippen LogP contribution in [0.1, 0.15) is 15.9 Å². The summed E-state index contributed by atoms with van der Waals surface area (Å²) in [6, 6.07) is 5.25. The molecule has 0 amide bonds. The Morgan fingerprint density at radius 2 is 2.00 bits per heavy atom. The molecule has 1 heterocycles. The van der Waals surface area contributed by atoms with Gasteiger partial charge in [-0.05, 0) is 45.8 Å². The molecule has 1 aromatic carbocycles. The molecule has 0 aliphatic rings. The third-order valence-electron chi connectivity index (χ3n) is 2.65. The summed E-state index contributed by atoms with van der Waals surface area (Å²) in [4.78, 5) is 14.8. The van der Waals surface area contributed by atoms with Crippen molar-refractivity contribution < 1.29 is 18.3 Å². The van der Waals surface area contributed by atoms with Gasteiger partial charge in [0, 0.05) is 16.9 Å². The van der Waals surface area contributed by atoms with Crippen LogP contribution in [0.2, 0.25) is 5.02 Å². The molecule has 1 N–H and O–H groups in total. The van der Waals surface area contributed by atoms with E-state index in [9.17, 15) is 13.2 Å². The second-order valence-corrected chi connectivity index (χ2v) is 7.53. The third kappa shape index (κ3) is 3.81. The Balaban J connectivity index is 2.40. The summed E-state index contributed by atoms with van der Waals surface area (Å²) in [5, 5.41) is 8.98. The quantitative estimate of drug-likeness (QED) is 0.867. The highest BCUT2D eigenvalue weighted by atomic mass is 79.9. The minimum atomic E-state index is -3.69. The number of hydrogen-bond acceptors (Lipinski definition) is 4. The lowest BCUT2D eigenvalue weighted by Crippen LogP contribution is -2.07. The fraction of sp³-hybridized carbons (Fsp3) is 0.0769. The molecule has 0 spiro atoms. The van der Waals surface area contributed by atoms with Gasteiger partial charge in [0.15, 0.2) is 9.84 Å².